The van der Waals surface area contributed by atoms with Crippen LogP contribution in [0, 0.1) is 0 Å². The molecule has 5 heteroatoms. The zero-order chi connectivity index (χ0) is 10.1. The van der Waals surface area contributed by atoms with Crippen LogP contribution in [0.25, 0.3) is 5.78 Å². The summed E-state index contributed by atoms with van der Waals surface area (Å²) < 4.78 is 1.63. The Morgan fingerprint density at radius 2 is 2.29 bits per heavy atom. The Labute approximate surface area is 79.1 Å². The molecular formula is C9H9N3O2. The molecule has 2 rings (SSSR count). The van der Waals surface area contributed by atoms with Crippen LogP contribution in [-0.4, -0.2) is 14.4 Å². The lowest BCUT2D eigenvalue weighted by molar-refractivity contribution is 0.946. The zero-order valence-electron chi connectivity index (χ0n) is 7.65. The average molecular weight is 191 g/mol. The second kappa shape index (κ2) is 3.10. The van der Waals surface area contributed by atoms with Crippen LogP contribution in [0.1, 0.15) is 12.5 Å². The van der Waals surface area contributed by atoms with Crippen molar-refractivity contribution in [1.29, 1.82) is 0 Å². The first-order valence-electron chi connectivity index (χ1n) is 4.32. The molecule has 2 aromatic heterocycles. The van der Waals surface area contributed by atoms with Crippen LogP contribution in [0.3, 0.4) is 0 Å². The maximum absolute atomic E-state index is 11.3. The Morgan fingerprint density at radius 3 is 3.00 bits per heavy atom. The first kappa shape index (κ1) is 8.68. The third-order valence-electron chi connectivity index (χ3n) is 2.02. The van der Waals surface area contributed by atoms with E-state index >= 15 is 0 Å². The van der Waals surface area contributed by atoms with E-state index in [1.54, 1.807) is 16.8 Å². The van der Waals surface area contributed by atoms with E-state index in [1.165, 1.54) is 6.07 Å². The zero-order valence-corrected chi connectivity index (χ0v) is 7.65. The van der Waals surface area contributed by atoms with Crippen LogP contribution >= 0.6 is 0 Å². The van der Waals surface area contributed by atoms with Crippen molar-refractivity contribution >= 4 is 5.78 Å². The molecular weight excluding hydrogens is 182 g/mol. The SMILES string of the molecule is CCc1cn2ccc(=O)[nH]c2nc1=O. The minimum Gasteiger partial charge on any atom is -0.294 e. The molecule has 0 unspecified atom stereocenters. The van der Waals surface area contributed by atoms with Gasteiger partial charge in [0.25, 0.3) is 11.1 Å². The maximum atomic E-state index is 11.3. The molecule has 1 N–H and O–H groups in total. The lowest BCUT2D eigenvalue weighted by Gasteiger charge is -2.00. The fourth-order valence-electron chi connectivity index (χ4n) is 1.26. The van der Waals surface area contributed by atoms with Gasteiger partial charge in [0, 0.05) is 24.0 Å². The molecule has 0 bridgehead atoms. The van der Waals surface area contributed by atoms with Crippen molar-refractivity contribution in [3.8, 4) is 0 Å². The third kappa shape index (κ3) is 1.32. The lowest BCUT2D eigenvalue weighted by atomic mass is 10.3. The molecule has 0 spiro atoms. The molecule has 0 aliphatic rings. The van der Waals surface area contributed by atoms with Crippen LogP contribution in [0.4, 0.5) is 0 Å². The number of hydrogen-bond acceptors (Lipinski definition) is 3. The number of rotatable bonds is 1. The number of fused-ring (bicyclic) bond motifs is 1. The van der Waals surface area contributed by atoms with Crippen LogP contribution in [-0.2, 0) is 6.42 Å². The predicted molar refractivity (Wildman–Crippen MR) is 51.5 cm³/mol. The molecule has 0 aromatic carbocycles. The van der Waals surface area contributed by atoms with Gasteiger partial charge >= 0.3 is 0 Å². The molecule has 0 radical (unpaired) electrons. The van der Waals surface area contributed by atoms with E-state index in [2.05, 4.69) is 9.97 Å². The molecule has 72 valence electrons. The van der Waals surface area contributed by atoms with E-state index in [0.717, 1.165) is 0 Å². The van der Waals surface area contributed by atoms with Crippen molar-refractivity contribution in [2.24, 2.45) is 0 Å². The van der Waals surface area contributed by atoms with Crippen LogP contribution < -0.4 is 11.1 Å². The van der Waals surface area contributed by atoms with Gasteiger partial charge in [0.05, 0.1) is 0 Å². The van der Waals surface area contributed by atoms with Crippen molar-refractivity contribution in [2.75, 3.05) is 0 Å². The summed E-state index contributed by atoms with van der Waals surface area (Å²) in [6, 6.07) is 1.39. The van der Waals surface area contributed by atoms with Gasteiger partial charge in [-0.3, -0.25) is 19.0 Å². The van der Waals surface area contributed by atoms with E-state index in [9.17, 15) is 9.59 Å². The van der Waals surface area contributed by atoms with E-state index in [4.69, 9.17) is 0 Å². The molecule has 0 amide bonds. The summed E-state index contributed by atoms with van der Waals surface area (Å²) in [7, 11) is 0. The van der Waals surface area contributed by atoms with E-state index in [0.29, 0.717) is 12.0 Å². The van der Waals surface area contributed by atoms with E-state index in [1.807, 2.05) is 6.92 Å². The maximum Gasteiger partial charge on any atom is 0.277 e. The van der Waals surface area contributed by atoms with Crippen molar-refractivity contribution in [3.63, 3.8) is 0 Å². The highest BCUT2D eigenvalue weighted by Gasteiger charge is 2.00. The first-order valence-corrected chi connectivity index (χ1v) is 4.32. The summed E-state index contributed by atoms with van der Waals surface area (Å²) in [6.45, 7) is 1.89. The van der Waals surface area contributed by atoms with Gasteiger partial charge in [-0.1, -0.05) is 6.92 Å². The van der Waals surface area contributed by atoms with Gasteiger partial charge in [-0.05, 0) is 6.42 Å². The summed E-state index contributed by atoms with van der Waals surface area (Å²) in [6.07, 6.45) is 3.90. The molecule has 2 aromatic rings. The van der Waals surface area contributed by atoms with Gasteiger partial charge in [-0.2, -0.15) is 4.98 Å². The fourth-order valence-corrected chi connectivity index (χ4v) is 1.26. The summed E-state index contributed by atoms with van der Waals surface area (Å²) in [5, 5.41) is 0. The minimum absolute atomic E-state index is 0.263. The van der Waals surface area contributed by atoms with Crippen LogP contribution in [0.2, 0.25) is 0 Å². The van der Waals surface area contributed by atoms with Crippen molar-refractivity contribution in [3.05, 3.63) is 44.7 Å². The van der Waals surface area contributed by atoms with Gasteiger partial charge in [0.1, 0.15) is 0 Å². The Bertz CT molecular complexity index is 582. The van der Waals surface area contributed by atoms with Gasteiger partial charge in [0.15, 0.2) is 0 Å². The molecule has 0 saturated heterocycles. The smallest absolute Gasteiger partial charge is 0.277 e. The van der Waals surface area contributed by atoms with Crippen molar-refractivity contribution in [2.45, 2.75) is 13.3 Å². The molecule has 0 aliphatic carbocycles. The summed E-state index contributed by atoms with van der Waals surface area (Å²) >= 11 is 0. The van der Waals surface area contributed by atoms with Crippen LogP contribution in [0.5, 0.6) is 0 Å². The molecule has 14 heavy (non-hydrogen) atoms. The Kier molecular flexibility index (Phi) is 1.92. The highest BCUT2D eigenvalue weighted by atomic mass is 16.1. The monoisotopic (exact) mass is 191 g/mol. The molecule has 0 saturated carbocycles. The molecule has 5 nitrogen and oxygen atoms in total. The van der Waals surface area contributed by atoms with Crippen molar-refractivity contribution in [1.82, 2.24) is 14.4 Å². The molecule has 0 aliphatic heterocycles. The predicted octanol–water partition coefficient (Wildman–Crippen LogP) is -0.0548. The second-order valence-electron chi connectivity index (χ2n) is 2.96. The Hall–Kier alpha value is -1.91. The summed E-state index contributed by atoms with van der Waals surface area (Å²) in [4.78, 5) is 28.5. The number of nitrogens with zero attached hydrogens (tertiary/aromatic N) is 2. The Balaban J connectivity index is 2.86. The number of H-pyrrole nitrogens is 1. The van der Waals surface area contributed by atoms with E-state index < -0.39 is 0 Å². The Morgan fingerprint density at radius 1 is 1.50 bits per heavy atom. The van der Waals surface area contributed by atoms with Gasteiger partial charge in [-0.25, -0.2) is 0 Å². The number of aryl methyl sites for hydroxylation is 1. The molecule has 2 heterocycles. The normalized spacial score (nSPS) is 10.6. The number of hydrogen-bond donors (Lipinski definition) is 1. The topological polar surface area (TPSA) is 67.2 Å². The lowest BCUT2D eigenvalue weighted by Crippen LogP contribution is -2.18. The highest BCUT2D eigenvalue weighted by molar-refractivity contribution is 5.27. The van der Waals surface area contributed by atoms with E-state index in [-0.39, 0.29) is 16.9 Å². The molecule has 0 atom stereocenters. The quantitative estimate of drug-likeness (QED) is 0.687. The fraction of sp³-hybridized carbons (Fsp3) is 0.222. The first-order chi connectivity index (χ1) is 6.70. The van der Waals surface area contributed by atoms with Gasteiger partial charge in [-0.15, -0.1) is 0 Å². The van der Waals surface area contributed by atoms with Gasteiger partial charge in [0.2, 0.25) is 5.78 Å². The number of aromatic nitrogens is 3. The van der Waals surface area contributed by atoms with Crippen molar-refractivity contribution < 1.29 is 0 Å². The molecule has 0 fully saturated rings. The third-order valence-corrected chi connectivity index (χ3v) is 2.02. The van der Waals surface area contributed by atoms with Crippen LogP contribution in [0.15, 0.2) is 28.0 Å². The minimum atomic E-state index is -0.283. The average Bonchev–Trinajstić information content (AvgIpc) is 2.16. The highest BCUT2D eigenvalue weighted by Crippen LogP contribution is 1.93. The second-order valence-corrected chi connectivity index (χ2v) is 2.96. The van der Waals surface area contributed by atoms with Gasteiger partial charge < -0.3 is 0 Å². The number of nitrogens with one attached hydrogen (secondary N) is 1. The largest absolute Gasteiger partial charge is 0.294 e. The standard InChI is InChI=1S/C9H9N3O2/c1-2-6-5-12-4-3-7(13)10-9(12)11-8(6)14/h3-5H,2H2,1H3,(H,10,11,13,14). The number of aromatic amines is 1. The summed E-state index contributed by atoms with van der Waals surface area (Å²) in [5.74, 6) is 0.278. The summed E-state index contributed by atoms with van der Waals surface area (Å²) in [5.41, 5.74) is 0.0880.